The molecule has 1 unspecified atom stereocenters. The van der Waals surface area contributed by atoms with Gasteiger partial charge in [-0.15, -0.1) is 5.10 Å². The second-order valence-corrected chi connectivity index (χ2v) is 5.17. The third kappa shape index (κ3) is 4.35. The zero-order chi connectivity index (χ0) is 15.2. The fourth-order valence-electron chi connectivity index (χ4n) is 2.01. The largest absolute Gasteiger partial charge is 0.328 e. The number of amides is 1. The molecule has 2 rings (SSSR count). The molecule has 112 valence electrons. The van der Waals surface area contributed by atoms with E-state index >= 15 is 0 Å². The first-order valence-electron chi connectivity index (χ1n) is 6.95. The maximum atomic E-state index is 11.9. The van der Waals surface area contributed by atoms with Crippen molar-refractivity contribution in [1.29, 1.82) is 0 Å². The molecule has 1 atom stereocenters. The van der Waals surface area contributed by atoms with Crippen molar-refractivity contribution in [3.63, 3.8) is 0 Å². The Labute approximate surface area is 123 Å². The van der Waals surface area contributed by atoms with Gasteiger partial charge in [0, 0.05) is 18.2 Å². The standard InChI is InChI=1S/C14H20N6O/c1-10-6-7-12(8-13(10)20-9-16-18-19-20)17-14(21)5-3-4-11(2)15/h6-9,11H,3-5,15H2,1-2H3,(H,17,21). The van der Waals surface area contributed by atoms with Crippen LogP contribution < -0.4 is 11.1 Å². The number of nitrogens with two attached hydrogens (primary N) is 1. The Morgan fingerprint density at radius 1 is 1.48 bits per heavy atom. The summed E-state index contributed by atoms with van der Waals surface area (Å²) in [6, 6.07) is 5.78. The van der Waals surface area contributed by atoms with Gasteiger partial charge in [-0.25, -0.2) is 4.68 Å². The molecule has 2 aromatic rings. The molecule has 0 bridgehead atoms. The second-order valence-electron chi connectivity index (χ2n) is 5.17. The summed E-state index contributed by atoms with van der Waals surface area (Å²) in [4.78, 5) is 11.9. The molecule has 3 N–H and O–H groups in total. The maximum Gasteiger partial charge on any atom is 0.224 e. The monoisotopic (exact) mass is 288 g/mol. The predicted octanol–water partition coefficient (Wildman–Crippen LogP) is 1.43. The Bertz CT molecular complexity index is 594. The second kappa shape index (κ2) is 6.94. The highest BCUT2D eigenvalue weighted by Gasteiger charge is 2.07. The lowest BCUT2D eigenvalue weighted by atomic mass is 10.1. The van der Waals surface area contributed by atoms with Gasteiger partial charge in [-0.1, -0.05) is 6.07 Å². The Hall–Kier alpha value is -2.28. The molecular weight excluding hydrogens is 268 g/mol. The van der Waals surface area contributed by atoms with Gasteiger partial charge in [0.25, 0.3) is 0 Å². The summed E-state index contributed by atoms with van der Waals surface area (Å²) in [6.45, 7) is 3.90. The van der Waals surface area contributed by atoms with E-state index in [2.05, 4.69) is 20.8 Å². The SMILES string of the molecule is Cc1ccc(NC(=O)CCCC(C)N)cc1-n1cnnn1. The van der Waals surface area contributed by atoms with E-state index in [0.717, 1.165) is 29.8 Å². The molecule has 0 radical (unpaired) electrons. The van der Waals surface area contributed by atoms with Gasteiger partial charge in [0.2, 0.25) is 5.91 Å². The average molecular weight is 288 g/mol. The van der Waals surface area contributed by atoms with Crippen molar-refractivity contribution >= 4 is 11.6 Å². The zero-order valence-electron chi connectivity index (χ0n) is 12.3. The van der Waals surface area contributed by atoms with Gasteiger partial charge in [0.15, 0.2) is 0 Å². The van der Waals surface area contributed by atoms with Crippen LogP contribution in [0, 0.1) is 6.92 Å². The first-order valence-corrected chi connectivity index (χ1v) is 6.95. The lowest BCUT2D eigenvalue weighted by Crippen LogP contribution is -2.17. The minimum absolute atomic E-state index is 0.0119. The van der Waals surface area contributed by atoms with Gasteiger partial charge in [0.05, 0.1) is 5.69 Å². The summed E-state index contributed by atoms with van der Waals surface area (Å²) >= 11 is 0. The smallest absolute Gasteiger partial charge is 0.224 e. The molecule has 0 aliphatic heterocycles. The highest BCUT2D eigenvalue weighted by atomic mass is 16.1. The number of hydrogen-bond donors (Lipinski definition) is 2. The van der Waals surface area contributed by atoms with Gasteiger partial charge in [-0.05, 0) is 54.8 Å². The zero-order valence-corrected chi connectivity index (χ0v) is 12.3. The molecule has 7 nitrogen and oxygen atoms in total. The van der Waals surface area contributed by atoms with Gasteiger partial charge >= 0.3 is 0 Å². The van der Waals surface area contributed by atoms with Gasteiger partial charge in [-0.2, -0.15) is 0 Å². The number of anilines is 1. The Balaban J connectivity index is 2.01. The third-order valence-electron chi connectivity index (χ3n) is 3.15. The number of benzene rings is 1. The lowest BCUT2D eigenvalue weighted by molar-refractivity contribution is -0.116. The molecule has 1 heterocycles. The molecule has 7 heteroatoms. The van der Waals surface area contributed by atoms with E-state index in [9.17, 15) is 4.79 Å². The van der Waals surface area contributed by atoms with Crippen molar-refractivity contribution in [2.24, 2.45) is 5.73 Å². The number of tetrazole rings is 1. The average Bonchev–Trinajstić information content (AvgIpc) is 2.94. The van der Waals surface area contributed by atoms with Crippen LogP contribution in [0.4, 0.5) is 5.69 Å². The van der Waals surface area contributed by atoms with Crippen molar-refractivity contribution in [3.05, 3.63) is 30.1 Å². The molecular formula is C14H20N6O. The van der Waals surface area contributed by atoms with Crippen LogP contribution in [0.25, 0.3) is 5.69 Å². The molecule has 1 amide bonds. The Morgan fingerprint density at radius 2 is 2.29 bits per heavy atom. The minimum Gasteiger partial charge on any atom is -0.328 e. The Morgan fingerprint density at radius 3 is 2.95 bits per heavy atom. The number of carbonyl (C=O) groups excluding carboxylic acids is 1. The summed E-state index contributed by atoms with van der Waals surface area (Å²) < 4.78 is 1.57. The molecule has 1 aromatic carbocycles. The Kier molecular flexibility index (Phi) is 4.99. The van der Waals surface area contributed by atoms with Crippen molar-refractivity contribution in [2.45, 2.75) is 39.2 Å². The fourth-order valence-corrected chi connectivity index (χ4v) is 2.01. The molecule has 21 heavy (non-hydrogen) atoms. The number of nitrogens with one attached hydrogen (secondary N) is 1. The predicted molar refractivity (Wildman–Crippen MR) is 80.0 cm³/mol. The molecule has 0 spiro atoms. The van der Waals surface area contributed by atoms with Crippen molar-refractivity contribution in [3.8, 4) is 5.69 Å². The van der Waals surface area contributed by atoms with Crippen LogP contribution in [0.5, 0.6) is 0 Å². The van der Waals surface area contributed by atoms with Crippen molar-refractivity contribution in [2.75, 3.05) is 5.32 Å². The van der Waals surface area contributed by atoms with E-state index < -0.39 is 0 Å². The lowest BCUT2D eigenvalue weighted by Gasteiger charge is -2.10. The van der Waals surface area contributed by atoms with Crippen LogP contribution in [0.15, 0.2) is 24.5 Å². The van der Waals surface area contributed by atoms with Crippen LogP contribution in [-0.2, 0) is 4.79 Å². The van der Waals surface area contributed by atoms with Crippen molar-refractivity contribution < 1.29 is 4.79 Å². The molecule has 1 aromatic heterocycles. The first-order chi connectivity index (χ1) is 10.1. The molecule has 0 fully saturated rings. The van der Waals surface area contributed by atoms with Crippen LogP contribution in [0.3, 0.4) is 0 Å². The van der Waals surface area contributed by atoms with E-state index in [1.54, 1.807) is 4.68 Å². The number of hydrogen-bond acceptors (Lipinski definition) is 5. The number of aryl methyl sites for hydroxylation is 1. The number of rotatable bonds is 6. The van der Waals surface area contributed by atoms with Crippen LogP contribution in [-0.4, -0.2) is 32.2 Å². The van der Waals surface area contributed by atoms with Crippen LogP contribution in [0.1, 0.15) is 31.7 Å². The minimum atomic E-state index is -0.0119. The van der Waals surface area contributed by atoms with E-state index in [4.69, 9.17) is 5.73 Å². The highest BCUT2D eigenvalue weighted by molar-refractivity contribution is 5.91. The summed E-state index contributed by atoms with van der Waals surface area (Å²) in [5, 5.41) is 14.0. The van der Waals surface area contributed by atoms with Crippen LogP contribution >= 0.6 is 0 Å². The molecule has 0 saturated heterocycles. The van der Waals surface area contributed by atoms with E-state index in [1.165, 1.54) is 6.33 Å². The number of aromatic nitrogens is 4. The first kappa shape index (κ1) is 15.1. The van der Waals surface area contributed by atoms with Gasteiger partial charge in [-0.3, -0.25) is 4.79 Å². The van der Waals surface area contributed by atoms with E-state index in [1.807, 2.05) is 32.0 Å². The summed E-state index contributed by atoms with van der Waals surface area (Å²) in [5.41, 5.74) is 8.27. The normalized spacial score (nSPS) is 12.1. The summed E-state index contributed by atoms with van der Waals surface area (Å²) in [7, 11) is 0. The highest BCUT2D eigenvalue weighted by Crippen LogP contribution is 2.18. The quantitative estimate of drug-likeness (QED) is 0.837. The summed E-state index contributed by atoms with van der Waals surface area (Å²) in [6.07, 6.45) is 3.62. The number of carbonyl (C=O) groups is 1. The van der Waals surface area contributed by atoms with Gasteiger partial charge in [0.1, 0.15) is 6.33 Å². The van der Waals surface area contributed by atoms with Gasteiger partial charge < -0.3 is 11.1 Å². The number of nitrogens with zero attached hydrogens (tertiary/aromatic N) is 4. The van der Waals surface area contributed by atoms with Crippen molar-refractivity contribution in [1.82, 2.24) is 20.2 Å². The third-order valence-corrected chi connectivity index (χ3v) is 3.15. The van der Waals surface area contributed by atoms with E-state index in [0.29, 0.717) is 6.42 Å². The fraction of sp³-hybridized carbons (Fsp3) is 0.429. The molecule has 0 aliphatic rings. The van der Waals surface area contributed by atoms with Crippen LogP contribution in [0.2, 0.25) is 0 Å². The van der Waals surface area contributed by atoms with E-state index in [-0.39, 0.29) is 11.9 Å². The molecule has 0 aliphatic carbocycles. The summed E-state index contributed by atoms with van der Waals surface area (Å²) in [5.74, 6) is -0.0119. The maximum absolute atomic E-state index is 11.9. The topological polar surface area (TPSA) is 98.7 Å². The molecule has 0 saturated carbocycles.